The Balaban J connectivity index is 3.50. The Morgan fingerprint density at radius 2 is 0.825 bits per heavy atom. The second-order valence-corrected chi connectivity index (χ2v) is 17.1. The van der Waals surface area contributed by atoms with Crippen LogP contribution in [0.25, 0.3) is 0 Å². The molecule has 3 N–H and O–H groups in total. The van der Waals surface area contributed by atoms with Crippen LogP contribution in [0.3, 0.4) is 0 Å². The zero-order valence-electron chi connectivity index (χ0n) is 38.1. The Kier molecular flexibility index (Phi) is 45.7. The largest absolute Gasteiger partial charge is 0.466 e. The lowest BCUT2D eigenvalue weighted by Crippen LogP contribution is -2.45. The van der Waals surface area contributed by atoms with Crippen LogP contribution in [0.1, 0.15) is 264 Å². The molecule has 57 heavy (non-hydrogen) atoms. The van der Waals surface area contributed by atoms with Crippen LogP contribution in [0.4, 0.5) is 0 Å². The van der Waals surface area contributed by atoms with Crippen molar-refractivity contribution < 1.29 is 24.5 Å². The third kappa shape index (κ3) is 43.7. The SMILES string of the molecule is CCCCCCCC/C=C\CCCCCCCCCC(=O)OCCCCCCCCCCCCC(=O)NC(CO)C(O)/C=C/CCCCCCCCCCCCC. The van der Waals surface area contributed by atoms with E-state index in [0.29, 0.717) is 19.4 Å². The molecule has 1 amide bonds. The standard InChI is InChI=1S/C51H97NO5/c1-3-5-7-9-11-13-15-17-18-19-20-22-24-29-33-37-41-45-51(56)57-46-42-38-34-30-26-25-28-32-36-40-44-50(55)52-48(47-53)49(54)43-39-35-31-27-23-21-16-14-12-10-8-6-4-2/h17-18,39,43,48-49,53-54H,3-16,19-38,40-42,44-47H2,1-2H3,(H,52,55)/b18-17-,43-39+. The fraction of sp³-hybridized carbons (Fsp3) is 0.882. The number of ether oxygens (including phenoxy) is 1. The Bertz CT molecular complexity index is 889. The molecule has 6 nitrogen and oxygen atoms in total. The number of esters is 1. The highest BCUT2D eigenvalue weighted by atomic mass is 16.5. The lowest BCUT2D eigenvalue weighted by molar-refractivity contribution is -0.143. The van der Waals surface area contributed by atoms with Gasteiger partial charge in [0.1, 0.15) is 0 Å². The summed E-state index contributed by atoms with van der Waals surface area (Å²) in [7, 11) is 0. The molecule has 0 aliphatic rings. The molecular formula is C51H97NO5. The molecular weight excluding hydrogens is 707 g/mol. The quantitative estimate of drug-likeness (QED) is 0.0324. The summed E-state index contributed by atoms with van der Waals surface area (Å²) in [6.07, 6.45) is 54.5. The van der Waals surface area contributed by atoms with E-state index in [9.17, 15) is 19.8 Å². The van der Waals surface area contributed by atoms with Crippen LogP contribution in [0, 0.1) is 0 Å². The minimum absolute atomic E-state index is 0.0246. The minimum Gasteiger partial charge on any atom is -0.466 e. The summed E-state index contributed by atoms with van der Waals surface area (Å²) in [5.41, 5.74) is 0. The Morgan fingerprint density at radius 1 is 0.474 bits per heavy atom. The number of rotatable bonds is 46. The molecule has 0 fully saturated rings. The van der Waals surface area contributed by atoms with Gasteiger partial charge in [0.2, 0.25) is 5.91 Å². The smallest absolute Gasteiger partial charge is 0.305 e. The maximum Gasteiger partial charge on any atom is 0.305 e. The van der Waals surface area contributed by atoms with Crippen LogP contribution in [0.2, 0.25) is 0 Å². The molecule has 0 aromatic rings. The van der Waals surface area contributed by atoms with E-state index < -0.39 is 12.1 Å². The third-order valence-corrected chi connectivity index (χ3v) is 11.5. The first-order valence-electron chi connectivity index (χ1n) is 25.1. The van der Waals surface area contributed by atoms with Crippen molar-refractivity contribution in [3.63, 3.8) is 0 Å². The molecule has 2 unspecified atom stereocenters. The summed E-state index contributed by atoms with van der Waals surface area (Å²) >= 11 is 0. The van der Waals surface area contributed by atoms with Crippen molar-refractivity contribution in [2.45, 2.75) is 276 Å². The van der Waals surface area contributed by atoms with E-state index in [0.717, 1.165) is 57.8 Å². The van der Waals surface area contributed by atoms with Crippen molar-refractivity contribution in [3.05, 3.63) is 24.3 Å². The lowest BCUT2D eigenvalue weighted by atomic mass is 10.0. The fourth-order valence-electron chi connectivity index (χ4n) is 7.57. The molecule has 0 aromatic heterocycles. The zero-order chi connectivity index (χ0) is 41.5. The highest BCUT2D eigenvalue weighted by molar-refractivity contribution is 5.76. The van der Waals surface area contributed by atoms with Crippen molar-refractivity contribution in [1.82, 2.24) is 5.32 Å². The summed E-state index contributed by atoms with van der Waals surface area (Å²) in [6.45, 7) is 4.84. The zero-order valence-corrected chi connectivity index (χ0v) is 38.1. The number of nitrogens with one attached hydrogen (secondary N) is 1. The molecule has 2 atom stereocenters. The summed E-state index contributed by atoms with van der Waals surface area (Å²) in [5, 5.41) is 23.0. The summed E-state index contributed by atoms with van der Waals surface area (Å²) < 4.78 is 5.46. The maximum absolute atomic E-state index is 12.4. The molecule has 0 radical (unpaired) electrons. The van der Waals surface area contributed by atoms with Gasteiger partial charge >= 0.3 is 5.97 Å². The topological polar surface area (TPSA) is 95.9 Å². The number of hydrogen-bond donors (Lipinski definition) is 3. The number of aliphatic hydroxyl groups is 2. The molecule has 0 aliphatic carbocycles. The van der Waals surface area contributed by atoms with Gasteiger partial charge in [-0.15, -0.1) is 0 Å². The average Bonchev–Trinajstić information content (AvgIpc) is 3.21. The normalized spacial score (nSPS) is 12.8. The number of aliphatic hydroxyl groups excluding tert-OH is 2. The van der Waals surface area contributed by atoms with Crippen LogP contribution >= 0.6 is 0 Å². The predicted molar refractivity (Wildman–Crippen MR) is 246 cm³/mol. The van der Waals surface area contributed by atoms with Crippen LogP contribution < -0.4 is 5.32 Å². The molecule has 6 heteroatoms. The summed E-state index contributed by atoms with van der Waals surface area (Å²) in [6, 6.07) is -0.643. The first-order chi connectivity index (χ1) is 28.0. The van der Waals surface area contributed by atoms with Gasteiger partial charge in [-0.3, -0.25) is 9.59 Å². The van der Waals surface area contributed by atoms with E-state index in [1.54, 1.807) is 6.08 Å². The van der Waals surface area contributed by atoms with E-state index in [4.69, 9.17) is 4.74 Å². The number of allylic oxidation sites excluding steroid dienone is 3. The van der Waals surface area contributed by atoms with Crippen molar-refractivity contribution in [1.29, 1.82) is 0 Å². The number of carbonyl (C=O) groups excluding carboxylic acids is 2. The van der Waals surface area contributed by atoms with E-state index in [1.165, 1.54) is 180 Å². The van der Waals surface area contributed by atoms with Crippen molar-refractivity contribution >= 4 is 11.9 Å². The van der Waals surface area contributed by atoms with Crippen molar-refractivity contribution in [2.24, 2.45) is 0 Å². The van der Waals surface area contributed by atoms with Crippen molar-refractivity contribution in [3.8, 4) is 0 Å². The first-order valence-corrected chi connectivity index (χ1v) is 25.1. The maximum atomic E-state index is 12.4. The van der Waals surface area contributed by atoms with E-state index in [1.807, 2.05) is 6.08 Å². The number of unbranched alkanes of at least 4 members (excludes halogenated alkanes) is 33. The highest BCUT2D eigenvalue weighted by Crippen LogP contribution is 2.15. The molecule has 0 aliphatic heterocycles. The molecule has 0 saturated carbocycles. The van der Waals surface area contributed by atoms with Crippen molar-refractivity contribution in [2.75, 3.05) is 13.2 Å². The van der Waals surface area contributed by atoms with Gasteiger partial charge in [-0.1, -0.05) is 218 Å². The van der Waals surface area contributed by atoms with E-state index in [2.05, 4.69) is 31.3 Å². The lowest BCUT2D eigenvalue weighted by Gasteiger charge is -2.20. The fourth-order valence-corrected chi connectivity index (χ4v) is 7.57. The molecule has 0 aromatic carbocycles. The van der Waals surface area contributed by atoms with Gasteiger partial charge in [0.25, 0.3) is 0 Å². The van der Waals surface area contributed by atoms with Gasteiger partial charge < -0.3 is 20.3 Å². The average molecular weight is 804 g/mol. The molecule has 0 saturated heterocycles. The second-order valence-electron chi connectivity index (χ2n) is 17.1. The summed E-state index contributed by atoms with van der Waals surface area (Å²) in [5.74, 6) is -0.116. The highest BCUT2D eigenvalue weighted by Gasteiger charge is 2.18. The van der Waals surface area contributed by atoms with Gasteiger partial charge in [-0.05, 0) is 57.8 Å². The van der Waals surface area contributed by atoms with Crippen LogP contribution in [0.5, 0.6) is 0 Å². The molecule has 0 bridgehead atoms. The number of amides is 1. The molecule has 0 heterocycles. The predicted octanol–water partition coefficient (Wildman–Crippen LogP) is 14.7. The van der Waals surface area contributed by atoms with Gasteiger partial charge in [-0.25, -0.2) is 0 Å². The van der Waals surface area contributed by atoms with Gasteiger partial charge in [0.05, 0.1) is 25.4 Å². The van der Waals surface area contributed by atoms with E-state index in [-0.39, 0.29) is 18.5 Å². The molecule has 0 spiro atoms. The van der Waals surface area contributed by atoms with Gasteiger partial charge in [-0.2, -0.15) is 0 Å². The number of hydrogen-bond acceptors (Lipinski definition) is 5. The molecule has 336 valence electrons. The summed E-state index contributed by atoms with van der Waals surface area (Å²) in [4.78, 5) is 24.4. The second kappa shape index (κ2) is 47.0. The Hall–Kier alpha value is -1.66. The Labute approximate surface area is 354 Å². The third-order valence-electron chi connectivity index (χ3n) is 11.5. The minimum atomic E-state index is -0.858. The van der Waals surface area contributed by atoms with E-state index >= 15 is 0 Å². The first kappa shape index (κ1) is 55.3. The number of carbonyl (C=O) groups is 2. The van der Waals surface area contributed by atoms with Gasteiger partial charge in [0.15, 0.2) is 0 Å². The van der Waals surface area contributed by atoms with Crippen LogP contribution in [-0.4, -0.2) is 47.4 Å². The van der Waals surface area contributed by atoms with Gasteiger partial charge in [0, 0.05) is 12.8 Å². The molecule has 0 rings (SSSR count). The van der Waals surface area contributed by atoms with Crippen LogP contribution in [-0.2, 0) is 14.3 Å². The van der Waals surface area contributed by atoms with Crippen LogP contribution in [0.15, 0.2) is 24.3 Å². The Morgan fingerprint density at radius 3 is 1.25 bits per heavy atom. The monoisotopic (exact) mass is 804 g/mol.